The number of amides is 1. The number of carbonyl (C=O) groups excluding carboxylic acids is 1. The molecule has 27 heavy (non-hydrogen) atoms. The van der Waals surface area contributed by atoms with Crippen LogP contribution in [-0.2, 0) is 11.4 Å². The zero-order valence-electron chi connectivity index (χ0n) is 15.1. The van der Waals surface area contributed by atoms with E-state index < -0.39 is 6.04 Å². The number of nitrogens with one attached hydrogen (secondary N) is 2. The van der Waals surface area contributed by atoms with Crippen molar-refractivity contribution in [1.29, 1.82) is 0 Å². The molecule has 138 valence electrons. The molecule has 3 N–H and O–H groups in total. The van der Waals surface area contributed by atoms with Gasteiger partial charge in [-0.2, -0.15) is 0 Å². The molecular formula is C22H22N2O3. The molecule has 1 amide bonds. The third-order valence-electron chi connectivity index (χ3n) is 4.17. The summed E-state index contributed by atoms with van der Waals surface area (Å²) in [7, 11) is 1.60. The number of hydrogen-bond acceptors (Lipinski definition) is 4. The van der Waals surface area contributed by atoms with Gasteiger partial charge in [-0.05, 0) is 47.5 Å². The van der Waals surface area contributed by atoms with Gasteiger partial charge in [-0.15, -0.1) is 0 Å². The Bertz CT molecular complexity index is 880. The van der Waals surface area contributed by atoms with Crippen molar-refractivity contribution in [2.75, 3.05) is 17.7 Å². The van der Waals surface area contributed by atoms with Gasteiger partial charge in [0.1, 0.15) is 11.8 Å². The van der Waals surface area contributed by atoms with Gasteiger partial charge in [0.05, 0.1) is 13.7 Å². The molecule has 0 aliphatic rings. The summed E-state index contributed by atoms with van der Waals surface area (Å²) < 4.78 is 5.15. The zero-order chi connectivity index (χ0) is 19.1. The maximum atomic E-state index is 13.0. The molecule has 0 heterocycles. The molecule has 0 aromatic heterocycles. The van der Waals surface area contributed by atoms with E-state index in [9.17, 15) is 9.90 Å². The molecule has 0 aliphatic carbocycles. The SMILES string of the molecule is COc1ccc(NC(=O)C(Nc2cccc(CO)c2)c2ccccc2)cc1. The molecule has 3 rings (SSSR count). The number of aliphatic hydroxyl groups is 1. The molecule has 0 fully saturated rings. The minimum Gasteiger partial charge on any atom is -0.497 e. The lowest BCUT2D eigenvalue weighted by Gasteiger charge is -2.20. The monoisotopic (exact) mass is 362 g/mol. The second-order valence-corrected chi connectivity index (χ2v) is 6.06. The highest BCUT2D eigenvalue weighted by molar-refractivity contribution is 5.97. The Morgan fingerprint density at radius 2 is 1.70 bits per heavy atom. The van der Waals surface area contributed by atoms with Gasteiger partial charge >= 0.3 is 0 Å². The van der Waals surface area contributed by atoms with Crippen LogP contribution < -0.4 is 15.4 Å². The highest BCUT2D eigenvalue weighted by Crippen LogP contribution is 2.23. The van der Waals surface area contributed by atoms with Gasteiger partial charge in [0.15, 0.2) is 0 Å². The summed E-state index contributed by atoms with van der Waals surface area (Å²) in [5.41, 5.74) is 3.08. The first kappa shape index (κ1) is 18.5. The van der Waals surface area contributed by atoms with E-state index in [2.05, 4.69) is 10.6 Å². The van der Waals surface area contributed by atoms with Crippen molar-refractivity contribution in [2.45, 2.75) is 12.6 Å². The summed E-state index contributed by atoms with van der Waals surface area (Å²) >= 11 is 0. The van der Waals surface area contributed by atoms with Crippen molar-refractivity contribution < 1.29 is 14.6 Å². The lowest BCUT2D eigenvalue weighted by atomic mass is 10.0. The van der Waals surface area contributed by atoms with E-state index in [-0.39, 0.29) is 12.5 Å². The summed E-state index contributed by atoms with van der Waals surface area (Å²) in [5.74, 6) is 0.548. The van der Waals surface area contributed by atoms with Crippen LogP contribution in [0.15, 0.2) is 78.9 Å². The smallest absolute Gasteiger partial charge is 0.251 e. The fourth-order valence-electron chi connectivity index (χ4n) is 2.76. The molecule has 0 radical (unpaired) electrons. The van der Waals surface area contributed by atoms with Crippen LogP contribution in [0.1, 0.15) is 17.2 Å². The van der Waals surface area contributed by atoms with Crippen LogP contribution in [0.25, 0.3) is 0 Å². The van der Waals surface area contributed by atoms with E-state index in [1.807, 2.05) is 54.6 Å². The van der Waals surface area contributed by atoms with Crippen LogP contribution in [0.5, 0.6) is 5.75 Å². The van der Waals surface area contributed by atoms with Gasteiger partial charge in [-0.3, -0.25) is 4.79 Å². The van der Waals surface area contributed by atoms with Gasteiger partial charge in [-0.1, -0.05) is 42.5 Å². The van der Waals surface area contributed by atoms with Crippen LogP contribution in [0, 0.1) is 0 Å². The van der Waals surface area contributed by atoms with Crippen molar-refractivity contribution >= 4 is 17.3 Å². The molecule has 1 atom stereocenters. The van der Waals surface area contributed by atoms with Crippen molar-refractivity contribution in [2.24, 2.45) is 0 Å². The Morgan fingerprint density at radius 1 is 0.963 bits per heavy atom. The van der Waals surface area contributed by atoms with Crippen molar-refractivity contribution in [1.82, 2.24) is 0 Å². The van der Waals surface area contributed by atoms with Crippen LogP contribution in [0.2, 0.25) is 0 Å². The first-order chi connectivity index (χ1) is 13.2. The molecule has 0 saturated heterocycles. The predicted molar refractivity (Wildman–Crippen MR) is 107 cm³/mol. The minimum absolute atomic E-state index is 0.0520. The molecule has 5 nitrogen and oxygen atoms in total. The Labute approximate surface area is 158 Å². The number of ether oxygens (including phenoxy) is 1. The quantitative estimate of drug-likeness (QED) is 0.595. The Morgan fingerprint density at radius 3 is 2.37 bits per heavy atom. The summed E-state index contributed by atoms with van der Waals surface area (Å²) in [5, 5.41) is 15.5. The summed E-state index contributed by atoms with van der Waals surface area (Å²) in [6, 6.07) is 23.5. The van der Waals surface area contributed by atoms with Gasteiger partial charge in [0.25, 0.3) is 5.91 Å². The number of aliphatic hydroxyl groups excluding tert-OH is 1. The molecule has 0 saturated carbocycles. The Balaban J connectivity index is 1.83. The molecule has 5 heteroatoms. The number of methoxy groups -OCH3 is 1. The summed E-state index contributed by atoms with van der Waals surface area (Å²) in [6.45, 7) is -0.0520. The zero-order valence-corrected chi connectivity index (χ0v) is 15.1. The highest BCUT2D eigenvalue weighted by Gasteiger charge is 2.20. The van der Waals surface area contributed by atoms with E-state index in [4.69, 9.17) is 4.74 Å². The lowest BCUT2D eigenvalue weighted by Crippen LogP contribution is -2.27. The number of carbonyl (C=O) groups is 1. The largest absolute Gasteiger partial charge is 0.497 e. The van der Waals surface area contributed by atoms with E-state index >= 15 is 0 Å². The maximum Gasteiger partial charge on any atom is 0.251 e. The third kappa shape index (κ3) is 4.86. The van der Waals surface area contributed by atoms with Gasteiger partial charge < -0.3 is 20.5 Å². The average Bonchev–Trinajstić information content (AvgIpc) is 2.73. The van der Waals surface area contributed by atoms with E-state index in [0.29, 0.717) is 5.69 Å². The van der Waals surface area contributed by atoms with Crippen LogP contribution in [0.3, 0.4) is 0 Å². The Hall–Kier alpha value is -3.31. The van der Waals surface area contributed by atoms with E-state index in [1.54, 1.807) is 31.4 Å². The van der Waals surface area contributed by atoms with E-state index in [1.165, 1.54) is 0 Å². The maximum absolute atomic E-state index is 13.0. The number of rotatable bonds is 7. The molecular weight excluding hydrogens is 340 g/mol. The molecule has 3 aromatic carbocycles. The molecule has 0 bridgehead atoms. The first-order valence-electron chi connectivity index (χ1n) is 8.66. The molecule has 3 aromatic rings. The number of hydrogen-bond donors (Lipinski definition) is 3. The second kappa shape index (κ2) is 8.87. The Kier molecular flexibility index (Phi) is 6.07. The first-order valence-corrected chi connectivity index (χ1v) is 8.66. The lowest BCUT2D eigenvalue weighted by molar-refractivity contribution is -0.117. The van der Waals surface area contributed by atoms with Gasteiger partial charge in [0, 0.05) is 11.4 Å². The molecule has 0 aliphatic heterocycles. The standard InChI is InChI=1S/C22H22N2O3/c1-27-20-12-10-18(11-13-20)24-22(26)21(17-7-3-2-4-8-17)23-19-9-5-6-16(14-19)15-25/h2-14,21,23,25H,15H2,1H3,(H,24,26). The van der Waals surface area contributed by atoms with Crippen molar-refractivity contribution in [3.8, 4) is 5.75 Å². The highest BCUT2D eigenvalue weighted by atomic mass is 16.5. The van der Waals surface area contributed by atoms with Gasteiger partial charge in [0.2, 0.25) is 0 Å². The van der Waals surface area contributed by atoms with Crippen molar-refractivity contribution in [3.05, 3.63) is 90.0 Å². The predicted octanol–water partition coefficient (Wildman–Crippen LogP) is 3.98. The van der Waals surface area contributed by atoms with Crippen molar-refractivity contribution in [3.63, 3.8) is 0 Å². The fraction of sp³-hybridized carbons (Fsp3) is 0.136. The molecule has 1 unspecified atom stereocenters. The summed E-state index contributed by atoms with van der Waals surface area (Å²) in [4.78, 5) is 13.0. The van der Waals surface area contributed by atoms with Crippen LogP contribution in [-0.4, -0.2) is 18.1 Å². The summed E-state index contributed by atoms with van der Waals surface area (Å²) in [6.07, 6.45) is 0. The van der Waals surface area contributed by atoms with Crippen LogP contribution in [0.4, 0.5) is 11.4 Å². The second-order valence-electron chi connectivity index (χ2n) is 6.06. The minimum atomic E-state index is -0.581. The molecule has 0 spiro atoms. The number of anilines is 2. The average molecular weight is 362 g/mol. The van der Waals surface area contributed by atoms with E-state index in [0.717, 1.165) is 22.6 Å². The number of benzene rings is 3. The normalized spacial score (nSPS) is 11.5. The topological polar surface area (TPSA) is 70.6 Å². The third-order valence-corrected chi connectivity index (χ3v) is 4.17. The van der Waals surface area contributed by atoms with Gasteiger partial charge in [-0.25, -0.2) is 0 Å². The van der Waals surface area contributed by atoms with Crippen LogP contribution >= 0.6 is 0 Å². The fourth-order valence-corrected chi connectivity index (χ4v) is 2.76.